The summed E-state index contributed by atoms with van der Waals surface area (Å²) in [7, 11) is -4.40. The van der Waals surface area contributed by atoms with Crippen molar-refractivity contribution in [1.82, 2.24) is 9.62 Å². The molecule has 0 unspecified atom stereocenters. The largest absolute Gasteiger partial charge is 0.456 e. The molecule has 0 spiro atoms. The molecule has 1 saturated heterocycles. The molecular weight excluding hydrogens is 413 g/mol. The molecule has 0 aliphatic carbocycles. The average molecular weight is 430 g/mol. The van der Waals surface area contributed by atoms with Crippen LogP contribution >= 0.6 is 23.2 Å². The predicted molar refractivity (Wildman–Crippen MR) is 99.5 cm³/mol. The third-order valence-electron chi connectivity index (χ3n) is 3.49. The molecule has 3 rings (SSSR count). The van der Waals surface area contributed by atoms with E-state index in [0.717, 1.165) is 16.4 Å². The van der Waals surface area contributed by atoms with Crippen LogP contribution in [-0.2, 0) is 14.8 Å². The smallest absolute Gasteiger partial charge is 0.247 e. The summed E-state index contributed by atoms with van der Waals surface area (Å²) in [6.45, 7) is -0.440. The molecule has 27 heavy (non-hydrogen) atoms. The molecule has 0 aromatic heterocycles. The second-order valence-electron chi connectivity index (χ2n) is 5.32. The number of halogens is 2. The summed E-state index contributed by atoms with van der Waals surface area (Å²) in [5, 5.41) is 10.9. The van der Waals surface area contributed by atoms with Crippen LogP contribution in [0.5, 0.6) is 11.5 Å². The molecule has 1 N–H and O–H groups in total. The van der Waals surface area contributed by atoms with Crippen molar-refractivity contribution in [2.75, 3.05) is 19.6 Å². The van der Waals surface area contributed by atoms with Crippen molar-refractivity contribution >= 4 is 39.1 Å². The van der Waals surface area contributed by atoms with Crippen LogP contribution in [0, 0.1) is 11.3 Å². The van der Waals surface area contributed by atoms with Gasteiger partial charge in [0.05, 0.1) is 23.7 Å². The summed E-state index contributed by atoms with van der Waals surface area (Å²) in [6.07, 6.45) is 0. The maximum Gasteiger partial charge on any atom is 0.247 e. The quantitative estimate of drug-likeness (QED) is 0.804. The van der Waals surface area contributed by atoms with E-state index in [-0.39, 0.29) is 18.7 Å². The van der Waals surface area contributed by atoms with Gasteiger partial charge in [-0.1, -0.05) is 23.2 Å². The molecule has 0 saturated carbocycles. The first-order valence-electron chi connectivity index (χ1n) is 9.43. The van der Waals surface area contributed by atoms with Crippen molar-refractivity contribution in [2.45, 2.75) is 4.90 Å². The summed E-state index contributed by atoms with van der Waals surface area (Å²) in [5.74, 6) is -1.65. The fourth-order valence-corrected chi connectivity index (χ4v) is 4.22. The van der Waals surface area contributed by atoms with Gasteiger partial charge in [0, 0.05) is 23.1 Å². The number of nitrogens with one attached hydrogen (secondary N) is 1. The van der Waals surface area contributed by atoms with Crippen molar-refractivity contribution in [1.29, 1.82) is 5.26 Å². The molecule has 1 heterocycles. The van der Waals surface area contributed by atoms with E-state index in [4.69, 9.17) is 33.4 Å². The highest BCUT2D eigenvalue weighted by Crippen LogP contribution is 2.34. The number of piperazine rings is 1. The molecule has 1 amide bonds. The summed E-state index contributed by atoms with van der Waals surface area (Å²) >= 11 is 11.8. The molecule has 2 aromatic rings. The zero-order valence-electron chi connectivity index (χ0n) is 17.5. The zero-order chi connectivity index (χ0) is 23.1. The number of benzene rings is 2. The Hall–Kier alpha value is -2.31. The average Bonchev–Trinajstić information content (AvgIpc) is 2.74. The maximum atomic E-state index is 13.2. The number of hydrogen-bond donors (Lipinski definition) is 1. The highest BCUT2D eigenvalue weighted by atomic mass is 35.5. The molecular formula is C17H13Cl2N3O4S. The van der Waals surface area contributed by atoms with Gasteiger partial charge in [-0.15, -0.1) is 0 Å². The second kappa shape index (κ2) is 7.74. The standard InChI is InChI=1S/C17H13Cl2N3O4S/c18-12-6-13(19)8-14(7-12)26-15-2-1-11(9-20)5-16(15)27(24,25)22-4-3-21-17(23)10-22/h1-2,5-8H,3-4,10H2,(H,21,23)/i2D,6D,7D,8D. The summed E-state index contributed by atoms with van der Waals surface area (Å²) < 4.78 is 64.8. The van der Waals surface area contributed by atoms with E-state index < -0.39 is 73.1 Å². The third kappa shape index (κ3) is 4.34. The van der Waals surface area contributed by atoms with E-state index in [2.05, 4.69) is 5.32 Å². The van der Waals surface area contributed by atoms with E-state index in [1.165, 1.54) is 0 Å². The highest BCUT2D eigenvalue weighted by Gasteiger charge is 2.32. The Labute approximate surface area is 171 Å². The Morgan fingerprint density at radius 2 is 2.00 bits per heavy atom. The van der Waals surface area contributed by atoms with E-state index in [9.17, 15) is 18.5 Å². The van der Waals surface area contributed by atoms with Gasteiger partial charge in [-0.05, 0) is 36.3 Å². The molecule has 0 radical (unpaired) electrons. The number of nitrogens with zero attached hydrogens (tertiary/aromatic N) is 2. The molecule has 10 heteroatoms. The number of nitriles is 1. The number of carbonyl (C=O) groups is 1. The number of sulfonamides is 1. The number of amides is 1. The van der Waals surface area contributed by atoms with Crippen molar-refractivity contribution in [3.8, 4) is 17.6 Å². The van der Waals surface area contributed by atoms with E-state index in [1.54, 1.807) is 6.07 Å². The predicted octanol–water partition coefficient (Wildman–Crippen LogP) is 2.78. The van der Waals surface area contributed by atoms with Crippen molar-refractivity contribution in [3.05, 3.63) is 51.9 Å². The Bertz CT molecular complexity index is 1220. The summed E-state index contributed by atoms with van der Waals surface area (Å²) in [4.78, 5) is 11.1. The Morgan fingerprint density at radius 1 is 1.30 bits per heavy atom. The number of hydrogen-bond acceptors (Lipinski definition) is 5. The van der Waals surface area contributed by atoms with Gasteiger partial charge in [0.1, 0.15) is 16.4 Å². The minimum Gasteiger partial charge on any atom is -0.456 e. The zero-order valence-corrected chi connectivity index (χ0v) is 15.8. The number of ether oxygens (including phenoxy) is 1. The van der Waals surface area contributed by atoms with Gasteiger partial charge in [0.15, 0.2) is 0 Å². The minimum atomic E-state index is -4.40. The van der Waals surface area contributed by atoms with Crippen LogP contribution in [0.1, 0.15) is 11.0 Å². The molecule has 1 fully saturated rings. The van der Waals surface area contributed by atoms with Crippen LogP contribution in [0.3, 0.4) is 0 Å². The van der Waals surface area contributed by atoms with Gasteiger partial charge >= 0.3 is 0 Å². The fraction of sp³-hybridized carbons (Fsp3) is 0.176. The van der Waals surface area contributed by atoms with Crippen LogP contribution in [0.25, 0.3) is 0 Å². The Kier molecular flexibility index (Phi) is 4.22. The lowest BCUT2D eigenvalue weighted by molar-refractivity contribution is -0.122. The first-order valence-corrected chi connectivity index (χ1v) is 9.62. The Morgan fingerprint density at radius 3 is 2.63 bits per heavy atom. The highest BCUT2D eigenvalue weighted by molar-refractivity contribution is 7.89. The number of carbonyl (C=O) groups excluding carboxylic acids is 1. The SMILES string of the molecule is [2H]c1cc(C#N)cc(S(=O)(=O)N2CCNC(=O)C2)c1Oc1c([2H])c(Cl)c([2H])c(Cl)c1[2H]. The molecule has 0 atom stereocenters. The van der Waals surface area contributed by atoms with Gasteiger partial charge < -0.3 is 10.1 Å². The maximum absolute atomic E-state index is 13.2. The van der Waals surface area contributed by atoms with E-state index >= 15 is 0 Å². The lowest BCUT2D eigenvalue weighted by Crippen LogP contribution is -2.49. The van der Waals surface area contributed by atoms with Crippen molar-refractivity contribution in [3.63, 3.8) is 0 Å². The fourth-order valence-electron chi connectivity index (χ4n) is 2.30. The van der Waals surface area contributed by atoms with Crippen molar-refractivity contribution in [2.24, 2.45) is 0 Å². The summed E-state index contributed by atoms with van der Waals surface area (Å²) in [6, 6.07) is 1.61. The molecule has 0 bridgehead atoms. The lowest BCUT2D eigenvalue weighted by atomic mass is 10.2. The molecule has 7 nitrogen and oxygen atoms in total. The first kappa shape index (κ1) is 14.7. The third-order valence-corrected chi connectivity index (χ3v) is 5.72. The topological polar surface area (TPSA) is 99.5 Å². The second-order valence-corrected chi connectivity index (χ2v) is 7.98. The number of rotatable bonds is 4. The van der Waals surface area contributed by atoms with Gasteiger partial charge in [-0.25, -0.2) is 8.42 Å². The molecule has 2 aromatic carbocycles. The minimum absolute atomic E-state index is 0.0454. The summed E-state index contributed by atoms with van der Waals surface area (Å²) in [5.41, 5.74) is -0.146. The van der Waals surface area contributed by atoms with Crippen LogP contribution in [0.2, 0.25) is 10.0 Å². The normalized spacial score (nSPS) is 17.1. The Balaban J connectivity index is 2.22. The van der Waals surface area contributed by atoms with Gasteiger partial charge in [0.2, 0.25) is 15.9 Å². The van der Waals surface area contributed by atoms with Gasteiger partial charge in [0.25, 0.3) is 0 Å². The van der Waals surface area contributed by atoms with E-state index in [0.29, 0.717) is 0 Å². The lowest BCUT2D eigenvalue weighted by Gasteiger charge is -2.26. The van der Waals surface area contributed by atoms with Crippen LogP contribution in [-0.4, -0.2) is 38.3 Å². The molecule has 1 aliphatic heterocycles. The molecule has 140 valence electrons. The van der Waals surface area contributed by atoms with Crippen LogP contribution in [0.15, 0.2) is 41.2 Å². The van der Waals surface area contributed by atoms with Crippen LogP contribution in [0.4, 0.5) is 0 Å². The molecule has 1 aliphatic rings. The first-order chi connectivity index (χ1) is 14.5. The van der Waals surface area contributed by atoms with Gasteiger partial charge in [-0.3, -0.25) is 4.79 Å². The van der Waals surface area contributed by atoms with Gasteiger partial charge in [-0.2, -0.15) is 9.57 Å². The monoisotopic (exact) mass is 429 g/mol. The van der Waals surface area contributed by atoms with Crippen LogP contribution < -0.4 is 10.1 Å². The van der Waals surface area contributed by atoms with E-state index in [1.807, 2.05) is 0 Å². The van der Waals surface area contributed by atoms with Crippen molar-refractivity contribution < 1.29 is 23.4 Å².